The van der Waals surface area contributed by atoms with Gasteiger partial charge in [-0.05, 0) is 33.8 Å². The molecule has 6 heteroatoms. The molecule has 0 radical (unpaired) electrons. The molecule has 1 amide bonds. The lowest BCUT2D eigenvalue weighted by molar-refractivity contribution is -0.123. The first-order chi connectivity index (χ1) is 12.3. The van der Waals surface area contributed by atoms with Gasteiger partial charge in [0.05, 0.1) is 13.1 Å². The molecule has 1 saturated heterocycles. The molecule has 26 heavy (non-hydrogen) atoms. The highest BCUT2D eigenvalue weighted by Crippen LogP contribution is 2.16. The van der Waals surface area contributed by atoms with E-state index >= 15 is 0 Å². The summed E-state index contributed by atoms with van der Waals surface area (Å²) in [6.07, 6.45) is 1.85. The molecule has 0 aromatic carbocycles. The average Bonchev–Trinajstić information content (AvgIpc) is 2.84. The van der Waals surface area contributed by atoms with Crippen molar-refractivity contribution in [1.82, 2.24) is 19.7 Å². The number of allylic oxidation sites excluding steroid dienone is 1. The molecule has 1 aliphatic heterocycles. The number of hydrogen-bond acceptors (Lipinski definition) is 4. The van der Waals surface area contributed by atoms with E-state index in [9.17, 15) is 9.59 Å². The molecule has 0 aliphatic carbocycles. The molecular weight excluding hydrogens is 328 g/mol. The first kappa shape index (κ1) is 20.4. The van der Waals surface area contributed by atoms with Gasteiger partial charge in [-0.25, -0.2) is 0 Å². The number of nitrogens with one attached hydrogen (secondary N) is 1. The summed E-state index contributed by atoms with van der Waals surface area (Å²) in [5.74, 6) is 0.235. The Hall–Kier alpha value is -1.92. The minimum Gasteiger partial charge on any atom is -0.353 e. The van der Waals surface area contributed by atoms with Gasteiger partial charge >= 0.3 is 0 Å². The smallest absolute Gasteiger partial charge is 0.234 e. The summed E-state index contributed by atoms with van der Waals surface area (Å²) in [4.78, 5) is 28.9. The number of carbonyl (C=O) groups excluding carboxylic acids is 2. The summed E-state index contributed by atoms with van der Waals surface area (Å²) in [7, 11) is 0. The van der Waals surface area contributed by atoms with Crippen LogP contribution in [0.3, 0.4) is 0 Å². The SMILES string of the molecule is C=CCn1c(C)cc(C(=O)CN2CCN(CC(=O)NC(C)C)CC2)c1C. The number of ketones is 1. The van der Waals surface area contributed by atoms with E-state index < -0.39 is 0 Å². The Morgan fingerprint density at radius 1 is 1.15 bits per heavy atom. The minimum atomic E-state index is 0.0687. The van der Waals surface area contributed by atoms with Crippen LogP contribution >= 0.6 is 0 Å². The Bertz CT molecular complexity index is 655. The molecule has 1 N–H and O–H groups in total. The minimum absolute atomic E-state index is 0.0687. The molecule has 0 bridgehead atoms. The van der Waals surface area contributed by atoms with E-state index in [2.05, 4.69) is 26.3 Å². The fourth-order valence-corrected chi connectivity index (χ4v) is 3.46. The largest absolute Gasteiger partial charge is 0.353 e. The zero-order chi connectivity index (χ0) is 19.3. The Morgan fingerprint density at radius 3 is 2.27 bits per heavy atom. The normalized spacial score (nSPS) is 16.0. The van der Waals surface area contributed by atoms with Crippen molar-refractivity contribution < 1.29 is 9.59 Å². The molecule has 2 rings (SSSR count). The van der Waals surface area contributed by atoms with Crippen molar-refractivity contribution in [3.63, 3.8) is 0 Å². The van der Waals surface area contributed by atoms with Crippen molar-refractivity contribution in [2.24, 2.45) is 0 Å². The predicted octanol–water partition coefficient (Wildman–Crippen LogP) is 1.62. The van der Waals surface area contributed by atoms with Crippen LogP contribution in [0.4, 0.5) is 0 Å². The van der Waals surface area contributed by atoms with E-state index in [4.69, 9.17) is 0 Å². The lowest BCUT2D eigenvalue weighted by atomic mass is 10.1. The number of aryl methyl sites for hydroxylation is 1. The van der Waals surface area contributed by atoms with E-state index in [1.165, 1.54) is 0 Å². The molecule has 1 aromatic heterocycles. The van der Waals surface area contributed by atoms with Crippen LogP contribution in [0, 0.1) is 13.8 Å². The highest BCUT2D eigenvalue weighted by Gasteiger charge is 2.23. The van der Waals surface area contributed by atoms with Crippen molar-refractivity contribution in [3.8, 4) is 0 Å². The number of carbonyl (C=O) groups is 2. The first-order valence-electron chi connectivity index (χ1n) is 9.36. The molecule has 0 spiro atoms. The predicted molar refractivity (Wildman–Crippen MR) is 105 cm³/mol. The number of piperazine rings is 1. The maximum absolute atomic E-state index is 12.7. The monoisotopic (exact) mass is 360 g/mol. The molecule has 144 valence electrons. The van der Waals surface area contributed by atoms with E-state index in [0.29, 0.717) is 13.1 Å². The lowest BCUT2D eigenvalue weighted by Gasteiger charge is -2.34. The fourth-order valence-electron chi connectivity index (χ4n) is 3.46. The van der Waals surface area contributed by atoms with Crippen molar-refractivity contribution in [3.05, 3.63) is 35.7 Å². The molecule has 6 nitrogen and oxygen atoms in total. The van der Waals surface area contributed by atoms with Crippen molar-refractivity contribution >= 4 is 11.7 Å². The highest BCUT2D eigenvalue weighted by atomic mass is 16.2. The second-order valence-electron chi connectivity index (χ2n) is 7.38. The summed E-state index contributed by atoms with van der Waals surface area (Å²) in [6, 6.07) is 2.15. The van der Waals surface area contributed by atoms with Crippen molar-refractivity contribution in [2.45, 2.75) is 40.3 Å². The Balaban J connectivity index is 1.86. The molecule has 1 fully saturated rings. The second-order valence-corrected chi connectivity index (χ2v) is 7.38. The van der Waals surface area contributed by atoms with E-state index in [1.54, 1.807) is 0 Å². The zero-order valence-electron chi connectivity index (χ0n) is 16.5. The molecule has 0 unspecified atom stereocenters. The summed E-state index contributed by atoms with van der Waals surface area (Å²) in [5, 5.41) is 2.92. The van der Waals surface area contributed by atoms with Crippen LogP contribution in [-0.4, -0.2) is 71.4 Å². The van der Waals surface area contributed by atoms with Gasteiger partial charge in [-0.1, -0.05) is 6.08 Å². The van der Waals surface area contributed by atoms with Gasteiger partial charge in [-0.3, -0.25) is 19.4 Å². The van der Waals surface area contributed by atoms with Crippen LogP contribution < -0.4 is 5.32 Å². The van der Waals surface area contributed by atoms with Crippen LogP contribution in [0.2, 0.25) is 0 Å². The number of hydrogen-bond donors (Lipinski definition) is 1. The zero-order valence-corrected chi connectivity index (χ0v) is 16.5. The second kappa shape index (κ2) is 9.14. The number of aromatic nitrogens is 1. The van der Waals surface area contributed by atoms with Gasteiger partial charge in [0.1, 0.15) is 0 Å². The Kier molecular flexibility index (Phi) is 7.17. The van der Waals surface area contributed by atoms with Crippen LogP contribution in [0.1, 0.15) is 35.6 Å². The topological polar surface area (TPSA) is 57.6 Å². The quantitative estimate of drug-likeness (QED) is 0.565. The van der Waals surface area contributed by atoms with Gasteiger partial charge in [-0.2, -0.15) is 0 Å². The summed E-state index contributed by atoms with van der Waals surface area (Å²) in [5.41, 5.74) is 2.91. The number of nitrogens with zero attached hydrogens (tertiary/aromatic N) is 3. The molecule has 1 aliphatic rings. The standard InChI is InChI=1S/C20H32N4O2/c1-6-7-24-16(4)12-18(17(24)5)19(25)13-22-8-10-23(11-9-22)14-20(26)21-15(2)3/h6,12,15H,1,7-11,13-14H2,2-5H3,(H,21,26). The maximum Gasteiger partial charge on any atom is 0.234 e. The van der Waals surface area contributed by atoms with Gasteiger partial charge in [0.2, 0.25) is 5.91 Å². The maximum atomic E-state index is 12.7. The van der Waals surface area contributed by atoms with Gasteiger partial charge in [0, 0.05) is 55.7 Å². The van der Waals surface area contributed by atoms with E-state index in [1.807, 2.05) is 39.8 Å². The van der Waals surface area contributed by atoms with Gasteiger partial charge in [0.25, 0.3) is 0 Å². The van der Waals surface area contributed by atoms with Crippen LogP contribution in [0.15, 0.2) is 18.7 Å². The first-order valence-corrected chi connectivity index (χ1v) is 9.36. The van der Waals surface area contributed by atoms with Gasteiger partial charge < -0.3 is 9.88 Å². The third-order valence-corrected chi connectivity index (χ3v) is 4.83. The van der Waals surface area contributed by atoms with E-state index in [-0.39, 0.29) is 17.7 Å². The van der Waals surface area contributed by atoms with Crippen molar-refractivity contribution in [2.75, 3.05) is 39.3 Å². The van der Waals surface area contributed by atoms with Gasteiger partial charge in [0.15, 0.2) is 5.78 Å². The summed E-state index contributed by atoms with van der Waals surface area (Å²) >= 11 is 0. The lowest BCUT2D eigenvalue weighted by Crippen LogP contribution is -2.51. The Morgan fingerprint density at radius 2 is 1.73 bits per heavy atom. The molecule has 0 atom stereocenters. The van der Waals surface area contributed by atoms with E-state index in [0.717, 1.165) is 49.7 Å². The third kappa shape index (κ3) is 5.29. The fraction of sp³-hybridized carbons (Fsp3) is 0.600. The van der Waals surface area contributed by atoms with Gasteiger partial charge in [-0.15, -0.1) is 6.58 Å². The van der Waals surface area contributed by atoms with Crippen LogP contribution in [-0.2, 0) is 11.3 Å². The number of amides is 1. The summed E-state index contributed by atoms with van der Waals surface area (Å²) in [6.45, 7) is 16.6. The number of rotatable bonds is 8. The molecular formula is C20H32N4O2. The summed E-state index contributed by atoms with van der Waals surface area (Å²) < 4.78 is 2.12. The van der Waals surface area contributed by atoms with Crippen LogP contribution in [0.25, 0.3) is 0 Å². The average molecular weight is 361 g/mol. The van der Waals surface area contributed by atoms with Crippen molar-refractivity contribution in [1.29, 1.82) is 0 Å². The van der Waals surface area contributed by atoms with Crippen LogP contribution in [0.5, 0.6) is 0 Å². The molecule has 1 aromatic rings. The number of Topliss-reactive ketones (excluding diaryl/α,β-unsaturated/α-hetero) is 1. The highest BCUT2D eigenvalue weighted by molar-refractivity contribution is 5.99. The molecule has 0 saturated carbocycles. The third-order valence-electron chi connectivity index (χ3n) is 4.83. The molecule has 2 heterocycles. The Labute approximate surface area is 156 Å².